The lowest BCUT2D eigenvalue weighted by Gasteiger charge is -2.20. The van der Waals surface area contributed by atoms with Crippen molar-refractivity contribution in [2.75, 3.05) is 6.54 Å². The highest BCUT2D eigenvalue weighted by molar-refractivity contribution is 5.15. The lowest BCUT2D eigenvalue weighted by atomic mass is 10.0. The second-order valence-electron chi connectivity index (χ2n) is 4.27. The van der Waals surface area contributed by atoms with Gasteiger partial charge in [-0.1, -0.05) is 13.8 Å². The van der Waals surface area contributed by atoms with Gasteiger partial charge in [0.2, 0.25) is 0 Å². The maximum Gasteiger partial charge on any atom is 0.0375 e. The molecular formula is C12H21N3. The number of rotatable bonds is 5. The molecule has 0 saturated heterocycles. The lowest BCUT2D eigenvalue weighted by molar-refractivity contribution is 0.405. The molecule has 0 aliphatic carbocycles. The van der Waals surface area contributed by atoms with Gasteiger partial charge >= 0.3 is 0 Å². The molecule has 84 valence electrons. The molecule has 0 fully saturated rings. The molecule has 1 aromatic rings. The van der Waals surface area contributed by atoms with Crippen molar-refractivity contribution in [2.24, 2.45) is 11.7 Å². The van der Waals surface area contributed by atoms with Crippen LogP contribution in [0.5, 0.6) is 0 Å². The quantitative estimate of drug-likeness (QED) is 0.768. The first-order chi connectivity index (χ1) is 7.13. The van der Waals surface area contributed by atoms with Crippen LogP contribution in [-0.2, 0) is 6.54 Å². The van der Waals surface area contributed by atoms with Crippen molar-refractivity contribution >= 4 is 0 Å². The van der Waals surface area contributed by atoms with Crippen molar-refractivity contribution in [3.63, 3.8) is 0 Å². The molecule has 0 amide bonds. The maximum absolute atomic E-state index is 5.69. The van der Waals surface area contributed by atoms with Crippen molar-refractivity contribution < 1.29 is 0 Å². The molecule has 0 radical (unpaired) electrons. The minimum Gasteiger partial charge on any atom is -0.329 e. The molecule has 1 rings (SSSR count). The predicted molar refractivity (Wildman–Crippen MR) is 63.5 cm³/mol. The molecule has 0 aliphatic rings. The van der Waals surface area contributed by atoms with Crippen LogP contribution in [0, 0.1) is 12.8 Å². The van der Waals surface area contributed by atoms with Crippen LogP contribution in [0.4, 0.5) is 0 Å². The Morgan fingerprint density at radius 1 is 1.47 bits per heavy atom. The van der Waals surface area contributed by atoms with Crippen LogP contribution in [-0.4, -0.2) is 17.6 Å². The maximum atomic E-state index is 5.69. The molecule has 0 spiro atoms. The van der Waals surface area contributed by atoms with Crippen molar-refractivity contribution in [1.29, 1.82) is 0 Å². The van der Waals surface area contributed by atoms with E-state index in [2.05, 4.69) is 30.2 Å². The molecule has 1 aromatic heterocycles. The third-order valence-electron chi connectivity index (χ3n) is 2.59. The summed E-state index contributed by atoms with van der Waals surface area (Å²) in [5.74, 6) is 0.568. The number of nitrogens with two attached hydrogens (primary N) is 1. The molecule has 1 unspecified atom stereocenters. The van der Waals surface area contributed by atoms with E-state index >= 15 is 0 Å². The zero-order valence-corrected chi connectivity index (χ0v) is 9.83. The smallest absolute Gasteiger partial charge is 0.0375 e. The van der Waals surface area contributed by atoms with E-state index in [4.69, 9.17) is 5.73 Å². The normalized spacial score (nSPS) is 13.1. The molecule has 3 nitrogen and oxygen atoms in total. The van der Waals surface area contributed by atoms with Crippen LogP contribution in [0.3, 0.4) is 0 Å². The van der Waals surface area contributed by atoms with Crippen LogP contribution >= 0.6 is 0 Å². The molecule has 0 bridgehead atoms. The first kappa shape index (κ1) is 12.1. The van der Waals surface area contributed by atoms with E-state index in [0.29, 0.717) is 18.5 Å². The van der Waals surface area contributed by atoms with Crippen LogP contribution in [0.2, 0.25) is 0 Å². The summed E-state index contributed by atoms with van der Waals surface area (Å²) in [4.78, 5) is 4.17. The molecule has 0 aromatic carbocycles. The Morgan fingerprint density at radius 3 is 2.73 bits per heavy atom. The molecule has 1 heterocycles. The molecule has 3 heteroatoms. The van der Waals surface area contributed by atoms with Gasteiger partial charge in [0.05, 0.1) is 0 Å². The van der Waals surface area contributed by atoms with E-state index in [-0.39, 0.29) is 0 Å². The standard InChI is InChI=1S/C12H21N3/c1-9(2)12(7-13)15-8-11-4-5-14-10(3)6-11/h4-6,9,12,15H,7-8,13H2,1-3H3. The molecule has 3 N–H and O–H groups in total. The third kappa shape index (κ3) is 3.98. The third-order valence-corrected chi connectivity index (χ3v) is 2.59. The van der Waals surface area contributed by atoms with Crippen LogP contribution in [0.1, 0.15) is 25.1 Å². The zero-order valence-electron chi connectivity index (χ0n) is 9.83. The van der Waals surface area contributed by atoms with Gasteiger partial charge in [-0.25, -0.2) is 0 Å². The van der Waals surface area contributed by atoms with Crippen LogP contribution in [0.15, 0.2) is 18.3 Å². The largest absolute Gasteiger partial charge is 0.329 e. The van der Waals surface area contributed by atoms with Crippen molar-refractivity contribution in [3.8, 4) is 0 Å². The van der Waals surface area contributed by atoms with Crippen molar-refractivity contribution in [3.05, 3.63) is 29.6 Å². The molecule has 0 saturated carbocycles. The first-order valence-corrected chi connectivity index (χ1v) is 5.48. The van der Waals surface area contributed by atoms with Crippen molar-refractivity contribution in [2.45, 2.75) is 33.4 Å². The van der Waals surface area contributed by atoms with E-state index in [0.717, 1.165) is 12.2 Å². The molecular weight excluding hydrogens is 186 g/mol. The Balaban J connectivity index is 2.49. The summed E-state index contributed by atoms with van der Waals surface area (Å²) in [6, 6.07) is 4.52. The fraction of sp³-hybridized carbons (Fsp3) is 0.583. The summed E-state index contributed by atoms with van der Waals surface area (Å²) >= 11 is 0. The minimum absolute atomic E-state index is 0.387. The summed E-state index contributed by atoms with van der Waals surface area (Å²) in [6.07, 6.45) is 1.85. The molecule has 15 heavy (non-hydrogen) atoms. The summed E-state index contributed by atoms with van der Waals surface area (Å²) in [6.45, 7) is 7.92. The first-order valence-electron chi connectivity index (χ1n) is 5.48. The van der Waals surface area contributed by atoms with Gasteiger partial charge in [0, 0.05) is 31.0 Å². The van der Waals surface area contributed by atoms with Crippen LogP contribution < -0.4 is 11.1 Å². The van der Waals surface area contributed by atoms with Crippen molar-refractivity contribution in [1.82, 2.24) is 10.3 Å². The Morgan fingerprint density at radius 2 is 2.20 bits per heavy atom. The van der Waals surface area contributed by atoms with E-state index in [1.807, 2.05) is 19.2 Å². The summed E-state index contributed by atoms with van der Waals surface area (Å²) in [5.41, 5.74) is 8.02. The summed E-state index contributed by atoms with van der Waals surface area (Å²) in [5, 5.41) is 3.46. The van der Waals surface area contributed by atoms with Gasteiger partial charge in [-0.05, 0) is 30.5 Å². The number of nitrogens with one attached hydrogen (secondary N) is 1. The number of hydrogen-bond acceptors (Lipinski definition) is 3. The average molecular weight is 207 g/mol. The van der Waals surface area contributed by atoms with Gasteiger partial charge in [0.25, 0.3) is 0 Å². The van der Waals surface area contributed by atoms with Gasteiger partial charge < -0.3 is 11.1 Å². The summed E-state index contributed by atoms with van der Waals surface area (Å²) < 4.78 is 0. The van der Waals surface area contributed by atoms with Gasteiger partial charge in [-0.15, -0.1) is 0 Å². The van der Waals surface area contributed by atoms with E-state index < -0.39 is 0 Å². The van der Waals surface area contributed by atoms with Crippen LogP contribution in [0.25, 0.3) is 0 Å². The number of pyridine rings is 1. The van der Waals surface area contributed by atoms with E-state index in [1.165, 1.54) is 5.56 Å². The predicted octanol–water partition coefficient (Wildman–Crippen LogP) is 1.46. The fourth-order valence-electron chi connectivity index (χ4n) is 1.55. The van der Waals surface area contributed by atoms with Gasteiger partial charge in [0.15, 0.2) is 0 Å². The second-order valence-corrected chi connectivity index (χ2v) is 4.27. The Bertz CT molecular complexity index is 297. The van der Waals surface area contributed by atoms with Gasteiger partial charge in [0.1, 0.15) is 0 Å². The topological polar surface area (TPSA) is 50.9 Å². The highest BCUT2D eigenvalue weighted by Gasteiger charge is 2.09. The Labute approximate surface area is 92.1 Å². The monoisotopic (exact) mass is 207 g/mol. The molecule has 0 aliphatic heterocycles. The number of nitrogens with zero attached hydrogens (tertiary/aromatic N) is 1. The zero-order chi connectivity index (χ0) is 11.3. The SMILES string of the molecule is Cc1cc(CNC(CN)C(C)C)ccn1. The highest BCUT2D eigenvalue weighted by Crippen LogP contribution is 2.04. The van der Waals surface area contributed by atoms with E-state index in [9.17, 15) is 0 Å². The Hall–Kier alpha value is -0.930. The second kappa shape index (κ2) is 5.83. The van der Waals surface area contributed by atoms with Gasteiger partial charge in [-0.2, -0.15) is 0 Å². The lowest BCUT2D eigenvalue weighted by Crippen LogP contribution is -2.39. The average Bonchev–Trinajstić information content (AvgIpc) is 2.18. The minimum atomic E-state index is 0.387. The van der Waals surface area contributed by atoms with Gasteiger partial charge in [-0.3, -0.25) is 4.98 Å². The number of hydrogen-bond donors (Lipinski definition) is 2. The number of aromatic nitrogens is 1. The Kier molecular flexibility index (Phi) is 4.72. The summed E-state index contributed by atoms with van der Waals surface area (Å²) in [7, 11) is 0. The molecule has 1 atom stereocenters. The number of aryl methyl sites for hydroxylation is 1. The fourth-order valence-corrected chi connectivity index (χ4v) is 1.55. The highest BCUT2D eigenvalue weighted by atomic mass is 14.9. The van der Waals surface area contributed by atoms with E-state index in [1.54, 1.807) is 0 Å².